The normalized spacial score (nSPS) is 18.7. The highest BCUT2D eigenvalue weighted by Gasteiger charge is 2.44. The third kappa shape index (κ3) is 3.79. The maximum absolute atomic E-state index is 12.6. The molecule has 2 aromatic rings. The summed E-state index contributed by atoms with van der Waals surface area (Å²) in [4.78, 5) is 2.11. The molecule has 1 aromatic heterocycles. The summed E-state index contributed by atoms with van der Waals surface area (Å²) < 4.78 is 37.8. The minimum atomic E-state index is -4.53. The molecule has 1 unspecified atom stereocenters. The fraction of sp³-hybridized carbons (Fsp3) is 0.471. The average molecular weight is 339 g/mol. The molecule has 24 heavy (non-hydrogen) atoms. The zero-order valence-electron chi connectivity index (χ0n) is 13.1. The molecule has 1 atom stereocenters. The molecule has 0 radical (unpaired) electrons. The lowest BCUT2D eigenvalue weighted by Crippen LogP contribution is -2.43. The molecule has 1 aromatic carbocycles. The van der Waals surface area contributed by atoms with Gasteiger partial charge in [0.1, 0.15) is 0 Å². The Hall–Kier alpha value is -1.86. The lowest BCUT2D eigenvalue weighted by Gasteiger charge is -2.34. The predicted octanol–water partition coefficient (Wildman–Crippen LogP) is 3.21. The summed E-state index contributed by atoms with van der Waals surface area (Å²) in [6.07, 6.45) is -4.29. The summed E-state index contributed by atoms with van der Waals surface area (Å²) >= 11 is 0. The Kier molecular flexibility index (Phi) is 4.91. The maximum Gasteiger partial charge on any atom is 0.414 e. The Bertz CT molecular complexity index is 649. The van der Waals surface area contributed by atoms with Gasteiger partial charge in [-0.05, 0) is 37.4 Å². The van der Waals surface area contributed by atoms with Crippen molar-refractivity contribution >= 4 is 0 Å². The maximum atomic E-state index is 12.6. The number of nitrogens with one attached hydrogen (secondary N) is 1. The summed E-state index contributed by atoms with van der Waals surface area (Å²) in [6, 6.07) is 9.82. The van der Waals surface area contributed by atoms with Crippen LogP contribution in [-0.2, 0) is 6.54 Å². The van der Waals surface area contributed by atoms with E-state index in [0.717, 1.165) is 16.8 Å². The van der Waals surface area contributed by atoms with Gasteiger partial charge in [0.25, 0.3) is 0 Å². The molecule has 0 amide bonds. The average Bonchev–Trinajstić information content (AvgIpc) is 3.03. The number of aliphatic hydroxyl groups excluding tert-OH is 1. The first-order valence-corrected chi connectivity index (χ1v) is 8.00. The number of benzene rings is 1. The van der Waals surface area contributed by atoms with Crippen LogP contribution in [0.2, 0.25) is 0 Å². The van der Waals surface area contributed by atoms with Crippen LogP contribution in [0.5, 0.6) is 0 Å². The van der Waals surface area contributed by atoms with Crippen LogP contribution in [0.1, 0.15) is 18.4 Å². The number of piperidine rings is 1. The van der Waals surface area contributed by atoms with Crippen molar-refractivity contribution < 1.29 is 18.3 Å². The number of rotatable bonds is 4. The fourth-order valence-electron chi connectivity index (χ4n) is 3.22. The zero-order chi connectivity index (χ0) is 17.2. The topological polar surface area (TPSA) is 52.1 Å². The zero-order valence-corrected chi connectivity index (χ0v) is 13.1. The molecule has 7 heteroatoms. The molecule has 0 bridgehead atoms. The minimum Gasteiger partial charge on any atom is -0.383 e. The highest BCUT2D eigenvalue weighted by Crippen LogP contribution is 2.32. The van der Waals surface area contributed by atoms with Gasteiger partial charge < -0.3 is 5.11 Å². The summed E-state index contributed by atoms with van der Waals surface area (Å²) in [7, 11) is 0. The standard InChI is InChI=1S/C17H20F3N3O/c18-17(19,20)16(24)13-6-8-23(9-7-13)11-14-10-21-22-15(14)12-4-2-1-3-5-12/h1-5,10,13,16,24H,6-9,11H2,(H,21,22). The van der Waals surface area contributed by atoms with Gasteiger partial charge >= 0.3 is 6.18 Å². The summed E-state index contributed by atoms with van der Waals surface area (Å²) in [5.41, 5.74) is 3.00. The van der Waals surface area contributed by atoms with Crippen LogP contribution in [0.3, 0.4) is 0 Å². The van der Waals surface area contributed by atoms with Gasteiger partial charge in [-0.3, -0.25) is 10.00 Å². The second-order valence-corrected chi connectivity index (χ2v) is 6.24. The molecule has 0 saturated carbocycles. The third-order valence-corrected chi connectivity index (χ3v) is 4.59. The van der Waals surface area contributed by atoms with Crippen LogP contribution >= 0.6 is 0 Å². The minimum absolute atomic E-state index is 0.346. The van der Waals surface area contributed by atoms with Crippen LogP contribution in [0, 0.1) is 5.92 Å². The lowest BCUT2D eigenvalue weighted by molar-refractivity contribution is -0.223. The van der Waals surface area contributed by atoms with E-state index in [1.54, 1.807) is 6.20 Å². The van der Waals surface area contributed by atoms with Crippen molar-refractivity contribution in [1.82, 2.24) is 15.1 Å². The Morgan fingerprint density at radius 1 is 1.21 bits per heavy atom. The van der Waals surface area contributed by atoms with Gasteiger partial charge in [-0.1, -0.05) is 30.3 Å². The van der Waals surface area contributed by atoms with E-state index < -0.39 is 18.2 Å². The molecule has 1 aliphatic rings. The number of hydrogen-bond acceptors (Lipinski definition) is 3. The van der Waals surface area contributed by atoms with Gasteiger partial charge in [-0.15, -0.1) is 0 Å². The first-order chi connectivity index (χ1) is 11.4. The monoisotopic (exact) mass is 339 g/mol. The Morgan fingerprint density at radius 2 is 1.88 bits per heavy atom. The van der Waals surface area contributed by atoms with Gasteiger partial charge in [0.05, 0.1) is 11.9 Å². The van der Waals surface area contributed by atoms with Gasteiger partial charge in [-0.25, -0.2) is 0 Å². The first-order valence-electron chi connectivity index (χ1n) is 8.00. The molecule has 1 aliphatic heterocycles. The molecular formula is C17H20F3N3O. The number of likely N-dealkylation sites (tertiary alicyclic amines) is 1. The molecule has 1 saturated heterocycles. The van der Waals surface area contributed by atoms with Crippen molar-refractivity contribution in [1.29, 1.82) is 0 Å². The summed E-state index contributed by atoms with van der Waals surface area (Å²) in [5.74, 6) is -0.709. The molecule has 0 spiro atoms. The smallest absolute Gasteiger partial charge is 0.383 e. The van der Waals surface area contributed by atoms with Gasteiger partial charge in [0, 0.05) is 12.1 Å². The van der Waals surface area contributed by atoms with Gasteiger partial charge in [-0.2, -0.15) is 18.3 Å². The van der Waals surface area contributed by atoms with Crippen LogP contribution in [-0.4, -0.2) is 45.6 Å². The van der Waals surface area contributed by atoms with E-state index in [0.29, 0.717) is 32.5 Å². The summed E-state index contributed by atoms with van der Waals surface area (Å²) in [5, 5.41) is 16.5. The van der Waals surface area contributed by atoms with E-state index in [9.17, 15) is 18.3 Å². The molecule has 3 rings (SSSR count). The van der Waals surface area contributed by atoms with E-state index in [1.165, 1.54) is 0 Å². The van der Waals surface area contributed by atoms with Crippen molar-refractivity contribution in [3.63, 3.8) is 0 Å². The predicted molar refractivity (Wildman–Crippen MR) is 84.1 cm³/mol. The number of nitrogens with zero attached hydrogens (tertiary/aromatic N) is 2. The highest BCUT2D eigenvalue weighted by atomic mass is 19.4. The van der Waals surface area contributed by atoms with Crippen LogP contribution in [0.15, 0.2) is 36.5 Å². The summed E-state index contributed by atoms with van der Waals surface area (Å²) in [6.45, 7) is 1.71. The van der Waals surface area contributed by atoms with E-state index in [-0.39, 0.29) is 0 Å². The van der Waals surface area contributed by atoms with Crippen LogP contribution in [0.25, 0.3) is 11.3 Å². The second kappa shape index (κ2) is 6.94. The van der Waals surface area contributed by atoms with E-state index >= 15 is 0 Å². The van der Waals surface area contributed by atoms with E-state index in [4.69, 9.17) is 0 Å². The van der Waals surface area contributed by atoms with Crippen molar-refractivity contribution in [3.8, 4) is 11.3 Å². The Labute approximate surface area is 138 Å². The molecule has 2 N–H and O–H groups in total. The first kappa shape index (κ1) is 17.0. The number of alkyl halides is 3. The molecule has 1 fully saturated rings. The number of H-pyrrole nitrogens is 1. The van der Waals surface area contributed by atoms with Gasteiger partial charge in [0.2, 0.25) is 0 Å². The molecule has 0 aliphatic carbocycles. The lowest BCUT2D eigenvalue weighted by atomic mass is 9.90. The van der Waals surface area contributed by atoms with Crippen LogP contribution in [0.4, 0.5) is 13.2 Å². The number of halogens is 3. The number of aromatic nitrogens is 2. The van der Waals surface area contributed by atoms with Gasteiger partial charge in [0.15, 0.2) is 6.10 Å². The van der Waals surface area contributed by atoms with Crippen molar-refractivity contribution in [2.45, 2.75) is 31.7 Å². The molecule has 2 heterocycles. The van der Waals surface area contributed by atoms with Crippen molar-refractivity contribution in [2.75, 3.05) is 13.1 Å². The molecule has 4 nitrogen and oxygen atoms in total. The quantitative estimate of drug-likeness (QED) is 0.899. The van der Waals surface area contributed by atoms with E-state index in [2.05, 4.69) is 15.1 Å². The van der Waals surface area contributed by atoms with E-state index in [1.807, 2.05) is 30.3 Å². The third-order valence-electron chi connectivity index (χ3n) is 4.59. The Morgan fingerprint density at radius 3 is 2.50 bits per heavy atom. The van der Waals surface area contributed by atoms with Crippen molar-refractivity contribution in [3.05, 3.63) is 42.1 Å². The molecule has 130 valence electrons. The fourth-order valence-corrected chi connectivity index (χ4v) is 3.22. The second-order valence-electron chi connectivity index (χ2n) is 6.24. The van der Waals surface area contributed by atoms with Crippen LogP contribution < -0.4 is 0 Å². The Balaban J connectivity index is 1.61. The number of aliphatic hydroxyl groups is 1. The SMILES string of the molecule is OC(C1CCN(Cc2cn[nH]c2-c2ccccc2)CC1)C(F)(F)F. The largest absolute Gasteiger partial charge is 0.414 e. The number of aromatic amines is 1. The molecular weight excluding hydrogens is 319 g/mol. The highest BCUT2D eigenvalue weighted by molar-refractivity contribution is 5.62. The number of hydrogen-bond donors (Lipinski definition) is 2. The van der Waals surface area contributed by atoms with Crippen molar-refractivity contribution in [2.24, 2.45) is 5.92 Å².